The van der Waals surface area contributed by atoms with Crippen molar-refractivity contribution >= 4 is 93.8 Å². The molecule has 0 aromatic heterocycles. The lowest BCUT2D eigenvalue weighted by molar-refractivity contribution is -0.130. The number of amides is 12. The van der Waals surface area contributed by atoms with Crippen molar-refractivity contribution in [1.29, 1.82) is 0 Å². The summed E-state index contributed by atoms with van der Waals surface area (Å²) in [5.74, 6) is 0.491. The fraction of sp³-hybridized carbons (Fsp3) is 0.388. The van der Waals surface area contributed by atoms with Gasteiger partial charge in [0.2, 0.25) is 23.6 Å². The number of nitrogens with one attached hydrogen (secondary N) is 10. The summed E-state index contributed by atoms with van der Waals surface area (Å²) < 4.78 is 0. The Labute approximate surface area is 745 Å². The van der Waals surface area contributed by atoms with Crippen LogP contribution in [0.25, 0.3) is 0 Å². The predicted octanol–water partition coefficient (Wildman–Crippen LogP) is 11.9. The molecule has 0 spiro atoms. The van der Waals surface area contributed by atoms with E-state index in [1.54, 1.807) is 58.3 Å². The monoisotopic (exact) mass is 1720 g/mol. The lowest BCUT2D eigenvalue weighted by atomic mass is 9.90. The Morgan fingerprint density at radius 3 is 1.31 bits per heavy atom. The number of likely N-dealkylation sites (N-methyl/N-ethyl adjacent to an activating group) is 3. The summed E-state index contributed by atoms with van der Waals surface area (Å²) in [6, 6.07) is 50.6. The van der Waals surface area contributed by atoms with E-state index in [9.17, 15) is 43.2 Å². The van der Waals surface area contributed by atoms with Crippen LogP contribution in [0.4, 0.5) is 37.1 Å². The van der Waals surface area contributed by atoms with Gasteiger partial charge < -0.3 is 87.5 Å². The van der Waals surface area contributed by atoms with Crippen molar-refractivity contribution in [3.8, 4) is 0 Å². The van der Waals surface area contributed by atoms with Gasteiger partial charge in [0.15, 0.2) is 0 Å². The molecule has 8 aliphatic rings. The Morgan fingerprint density at radius 1 is 0.433 bits per heavy atom. The van der Waals surface area contributed by atoms with Crippen molar-refractivity contribution in [3.05, 3.63) is 263 Å². The van der Waals surface area contributed by atoms with E-state index in [-0.39, 0.29) is 89.7 Å². The zero-order valence-corrected chi connectivity index (χ0v) is 75.1. The molecule has 1 aliphatic carbocycles. The zero-order chi connectivity index (χ0) is 91.0. The molecule has 7 heterocycles. The summed E-state index contributed by atoms with van der Waals surface area (Å²) >= 11 is 0. The molecule has 1 saturated heterocycles. The number of benzene rings is 6. The van der Waals surface area contributed by atoms with Crippen molar-refractivity contribution in [2.24, 2.45) is 20.9 Å². The first-order chi connectivity index (χ1) is 60.7. The Bertz CT molecular complexity index is 5300. The Kier molecular flexibility index (Phi) is 30.3. The topological polar surface area (TPSA) is 334 Å². The number of carbonyl (C=O) groups is 9. The molecular formula is C98H122N20O9. The van der Waals surface area contributed by atoms with Crippen LogP contribution in [-0.2, 0) is 19.2 Å². The molecule has 2 fully saturated rings. The van der Waals surface area contributed by atoms with E-state index in [1.807, 2.05) is 174 Å². The number of nitrogens with zero attached hydrogens (tertiary/aromatic N) is 10. The van der Waals surface area contributed by atoms with Crippen molar-refractivity contribution in [1.82, 2.24) is 66.2 Å². The van der Waals surface area contributed by atoms with Gasteiger partial charge in [0, 0.05) is 95.4 Å². The smallest absolute Gasteiger partial charge is 0.318 e. The average Bonchev–Trinajstić information content (AvgIpc) is 1.60. The summed E-state index contributed by atoms with van der Waals surface area (Å²) in [4.78, 5) is 143. The van der Waals surface area contributed by atoms with E-state index < -0.39 is 16.6 Å². The number of anilines is 4. The fourth-order valence-corrected chi connectivity index (χ4v) is 17.5. The molecule has 29 heteroatoms. The first-order valence-corrected chi connectivity index (χ1v) is 43.4. The normalized spacial score (nSPS) is 19.3. The average molecular weight is 1720 g/mol. The molecule has 7 aliphatic heterocycles. The number of urea groups is 3. The molecule has 0 radical (unpaired) electrons. The van der Waals surface area contributed by atoms with E-state index >= 15 is 0 Å². The maximum absolute atomic E-state index is 13.7. The van der Waals surface area contributed by atoms with Crippen molar-refractivity contribution < 1.29 is 43.2 Å². The first kappa shape index (κ1) is 93.0. The van der Waals surface area contributed by atoms with E-state index in [0.29, 0.717) is 106 Å². The maximum atomic E-state index is 13.7. The number of hydrogen-bond donors (Lipinski definition) is 10. The predicted molar refractivity (Wildman–Crippen MR) is 502 cm³/mol. The minimum atomic E-state index is -0.566. The number of likely N-dealkylation sites (tertiary alicyclic amines) is 1. The second-order valence-electron chi connectivity index (χ2n) is 35.5. The zero-order valence-electron chi connectivity index (χ0n) is 75.1. The van der Waals surface area contributed by atoms with Gasteiger partial charge in [-0.15, -0.1) is 0 Å². The lowest BCUT2D eigenvalue weighted by Gasteiger charge is -2.36. The molecule has 668 valence electrons. The van der Waals surface area contributed by atoms with E-state index in [1.165, 1.54) is 23.8 Å². The molecule has 6 aromatic rings. The third-order valence-corrected chi connectivity index (χ3v) is 24.7. The number of hydrogen-bond acceptors (Lipinski definition) is 17. The van der Waals surface area contributed by atoms with Gasteiger partial charge in [0.25, 0.3) is 11.8 Å². The van der Waals surface area contributed by atoms with Crippen LogP contribution in [0.2, 0.25) is 0 Å². The number of amidine groups is 3. The Morgan fingerprint density at radius 2 is 0.850 bits per heavy atom. The van der Waals surface area contributed by atoms with Gasteiger partial charge in [-0.05, 0) is 235 Å². The second-order valence-corrected chi connectivity index (χ2v) is 35.5. The van der Waals surface area contributed by atoms with Gasteiger partial charge in [0.05, 0.1) is 79.9 Å². The van der Waals surface area contributed by atoms with Crippen molar-refractivity contribution in [3.63, 3.8) is 0 Å². The van der Waals surface area contributed by atoms with Crippen molar-refractivity contribution in [2.75, 3.05) is 136 Å². The lowest BCUT2D eigenvalue weighted by Crippen LogP contribution is -2.52. The van der Waals surface area contributed by atoms with Crippen LogP contribution < -0.4 is 53.2 Å². The molecule has 1 unspecified atom stereocenters. The van der Waals surface area contributed by atoms with Crippen LogP contribution in [0.3, 0.4) is 0 Å². The van der Waals surface area contributed by atoms with Crippen LogP contribution in [0.1, 0.15) is 136 Å². The molecule has 6 aromatic carbocycles. The molecule has 1 saturated carbocycles. The summed E-state index contributed by atoms with van der Waals surface area (Å²) in [7, 11) is 12.0. The summed E-state index contributed by atoms with van der Waals surface area (Å²) in [6.45, 7) is 28.7. The highest BCUT2D eigenvalue weighted by Gasteiger charge is 2.49. The highest BCUT2D eigenvalue weighted by atomic mass is 16.2. The standard InChI is InChI=1S/C35H45N7O3.C34H43N7O3.C29H34N6O3/c1-6-31(43)37-25-14-12-24(13-15-25)33(44)39-27-18-16-26(17-19-27)38-32-28-21-42(35(2,3)29(28)20-36-32)34(45)40-30(22-41(4)5)23-10-8-7-9-11-23;1-6-30(42)40-17-11-14-24(20-40)32(43)37-26-16-10-15-25(18-26)36-31-27-21-41(34(2,3)28(27)19-35-31)33(44)38-29(22-39(4)5)23-12-8-7-9-13-23;1-6-25(36)31-21-14-10-13-20(15-21)27(37)33-26-22-17-35(29(2,3)23(22)16-30-26)28(38)32-24(18-34(4)5)19-11-8-7-9-12-19/h6-15,26-27,30H,1,16-22H2,2-5H3,(H,36,38)(H,37,43)(H,39,44)(H,40,45);6-10,12-13,15-16,18,24,29H,1,11,14,17,19-22H2,2-5H3,(H,35,36)(H,37,43)(H,38,44);6-15,24H,1,16-18H2,2-5H3,(H,31,36)(H,32,38)(H,30,33,37)/t26?,27?,30-;24?,29-;24-/m111/s1. The highest BCUT2D eigenvalue weighted by Crippen LogP contribution is 2.42. The Hall–Kier alpha value is -13.1. The van der Waals surface area contributed by atoms with E-state index in [0.717, 1.165) is 100 Å². The molecule has 12 amide bonds. The third kappa shape index (κ3) is 23.0. The fourth-order valence-electron chi connectivity index (χ4n) is 17.5. The molecule has 0 bridgehead atoms. The van der Waals surface area contributed by atoms with Gasteiger partial charge >= 0.3 is 18.1 Å². The first-order valence-electron chi connectivity index (χ1n) is 43.4. The number of carbonyl (C=O) groups excluding carboxylic acids is 9. The third-order valence-electron chi connectivity index (χ3n) is 24.7. The largest absolute Gasteiger partial charge is 0.367 e. The van der Waals surface area contributed by atoms with Gasteiger partial charge in [-0.1, -0.05) is 123 Å². The van der Waals surface area contributed by atoms with E-state index in [4.69, 9.17) is 9.98 Å². The Balaban J connectivity index is 0.000000174. The molecule has 127 heavy (non-hydrogen) atoms. The number of piperidine rings is 1. The van der Waals surface area contributed by atoms with Crippen LogP contribution in [0, 0.1) is 5.92 Å². The molecule has 10 N–H and O–H groups in total. The number of rotatable bonds is 24. The summed E-state index contributed by atoms with van der Waals surface area (Å²) in [6.07, 6.45) is 8.74. The van der Waals surface area contributed by atoms with Gasteiger partial charge in [-0.25, -0.2) is 14.4 Å². The van der Waals surface area contributed by atoms with Crippen LogP contribution in [0.5, 0.6) is 0 Å². The highest BCUT2D eigenvalue weighted by molar-refractivity contribution is 6.16. The van der Waals surface area contributed by atoms with Crippen LogP contribution in [-0.4, -0.2) is 248 Å². The van der Waals surface area contributed by atoms with Gasteiger partial charge in [-0.2, -0.15) is 0 Å². The quantitative estimate of drug-likeness (QED) is 0.0252. The molecule has 4 atom stereocenters. The van der Waals surface area contributed by atoms with Gasteiger partial charge in [0.1, 0.15) is 17.5 Å². The maximum Gasteiger partial charge on any atom is 0.318 e. The molecule has 29 nitrogen and oxygen atoms in total. The summed E-state index contributed by atoms with van der Waals surface area (Å²) in [5.41, 5.74) is 11.5. The second kappa shape index (κ2) is 41.3. The molecular weight excluding hydrogens is 1600 g/mol. The minimum absolute atomic E-state index is 0.0724. The molecule has 14 rings (SSSR count). The van der Waals surface area contributed by atoms with Gasteiger partial charge in [-0.3, -0.25) is 43.7 Å². The van der Waals surface area contributed by atoms with Crippen LogP contribution >= 0.6 is 0 Å². The van der Waals surface area contributed by atoms with E-state index in [2.05, 4.69) is 128 Å². The minimum Gasteiger partial charge on any atom is -0.367 e. The van der Waals surface area contributed by atoms with Crippen molar-refractivity contribution in [2.45, 2.75) is 127 Å². The van der Waals surface area contributed by atoms with Crippen LogP contribution in [0.15, 0.2) is 250 Å². The summed E-state index contributed by atoms with van der Waals surface area (Å²) in [5, 5.41) is 31.3. The SMILES string of the molecule is C=CC(=O)N1CCCC(C(=O)Nc2cccc(NC3=NCC4=C3CN(C(=O)N[C@H](CN(C)C)c3ccccc3)C4(C)C)c2)C1.C=CC(=O)Nc1ccc(C(=O)NC2CCC(NC3=NCC4=C3CN(C(=O)N[C@H](CN(C)C)c3ccccc3)C4(C)C)CC2)cc1.C=CC(=O)Nc1cccc(C(=O)NC2=NCC3=C2CN(C(=O)N[C@H](CN(C)C)c2ccccc2)C3(C)C)c1. The number of aliphatic imine (C=N–C) groups is 3.